The molecule has 34 heavy (non-hydrogen) atoms. The molecule has 4 aromatic rings. The van der Waals surface area contributed by atoms with Gasteiger partial charge >= 0.3 is 0 Å². The van der Waals surface area contributed by atoms with Crippen molar-refractivity contribution in [1.82, 2.24) is 19.4 Å². The molecule has 9 heteroatoms. The van der Waals surface area contributed by atoms with Gasteiger partial charge in [0, 0.05) is 54.1 Å². The first-order chi connectivity index (χ1) is 16.3. The highest BCUT2D eigenvalue weighted by molar-refractivity contribution is 7.90. The number of aryl methyl sites for hydroxylation is 1. The molecule has 1 saturated heterocycles. The number of anilines is 2. The second kappa shape index (κ2) is 8.57. The Kier molecular flexibility index (Phi) is 5.57. The predicted molar refractivity (Wildman–Crippen MR) is 132 cm³/mol. The first kappa shape index (κ1) is 22.1. The summed E-state index contributed by atoms with van der Waals surface area (Å²) >= 11 is 0. The average molecular weight is 476 g/mol. The summed E-state index contributed by atoms with van der Waals surface area (Å²) in [5.41, 5.74) is 3.91. The summed E-state index contributed by atoms with van der Waals surface area (Å²) in [5, 5.41) is 4.09. The fourth-order valence-corrected chi connectivity index (χ4v) is 4.87. The summed E-state index contributed by atoms with van der Waals surface area (Å²) in [7, 11) is -3.26. The number of hydrogen-bond donors (Lipinski definition) is 1. The molecule has 0 bridgehead atoms. The molecule has 0 aliphatic carbocycles. The Morgan fingerprint density at radius 1 is 1.03 bits per heavy atom. The van der Waals surface area contributed by atoms with Crippen LogP contribution in [0.4, 0.5) is 11.6 Å². The van der Waals surface area contributed by atoms with Gasteiger partial charge in [0.25, 0.3) is 5.91 Å². The summed E-state index contributed by atoms with van der Waals surface area (Å²) in [4.78, 5) is 24.0. The maximum absolute atomic E-state index is 12.7. The van der Waals surface area contributed by atoms with Crippen LogP contribution in [0.1, 0.15) is 28.8 Å². The van der Waals surface area contributed by atoms with E-state index in [4.69, 9.17) is 0 Å². The Hall–Kier alpha value is -3.72. The predicted octanol–water partition coefficient (Wildman–Crippen LogP) is 4.11. The van der Waals surface area contributed by atoms with E-state index < -0.39 is 9.84 Å². The Balaban J connectivity index is 1.41. The lowest BCUT2D eigenvalue weighted by Crippen LogP contribution is -2.28. The number of nitrogens with zero attached hydrogens (tertiary/aromatic N) is 4. The fraction of sp³-hybridized carbons (Fsp3) is 0.240. The maximum atomic E-state index is 12.7. The third-order valence-electron chi connectivity index (χ3n) is 6.08. The van der Waals surface area contributed by atoms with Crippen LogP contribution in [0.5, 0.6) is 0 Å². The van der Waals surface area contributed by atoms with Crippen LogP contribution < -0.4 is 5.32 Å². The topological polar surface area (TPSA) is 97.2 Å². The van der Waals surface area contributed by atoms with Crippen molar-refractivity contribution in [2.45, 2.75) is 24.7 Å². The minimum atomic E-state index is -3.26. The molecule has 2 aromatic heterocycles. The number of aromatic nitrogens is 3. The highest BCUT2D eigenvalue weighted by Gasteiger charge is 2.21. The number of hydrogen-bond acceptors (Lipinski definition) is 6. The first-order valence-corrected chi connectivity index (χ1v) is 13.0. The molecule has 5 rings (SSSR count). The van der Waals surface area contributed by atoms with E-state index >= 15 is 0 Å². The van der Waals surface area contributed by atoms with E-state index in [1.165, 1.54) is 6.26 Å². The lowest BCUT2D eigenvalue weighted by molar-refractivity contribution is 0.0792. The third-order valence-corrected chi connectivity index (χ3v) is 7.21. The van der Waals surface area contributed by atoms with Crippen molar-refractivity contribution in [3.63, 3.8) is 0 Å². The van der Waals surface area contributed by atoms with E-state index in [9.17, 15) is 13.2 Å². The molecule has 8 nitrogen and oxygen atoms in total. The van der Waals surface area contributed by atoms with Crippen LogP contribution in [-0.2, 0) is 9.84 Å². The molecule has 1 aliphatic heterocycles. The number of likely N-dealkylation sites (tertiary alicyclic amines) is 1. The van der Waals surface area contributed by atoms with Gasteiger partial charge in [-0.25, -0.2) is 13.4 Å². The molecule has 1 amide bonds. The van der Waals surface area contributed by atoms with Gasteiger partial charge in [-0.2, -0.15) is 4.98 Å². The number of nitrogens with one attached hydrogen (secondary N) is 1. The van der Waals surface area contributed by atoms with Gasteiger partial charge in [0.05, 0.1) is 4.90 Å². The van der Waals surface area contributed by atoms with Crippen molar-refractivity contribution in [3.8, 4) is 5.69 Å². The third kappa shape index (κ3) is 4.26. The molecule has 0 spiro atoms. The van der Waals surface area contributed by atoms with Gasteiger partial charge in [-0.1, -0.05) is 0 Å². The molecule has 0 unspecified atom stereocenters. The standard InChI is InChI=1S/C25H25N5O3S/c1-17-15-19(5-10-22(17)24(31)29-12-3-4-13-29)27-25-26-16-18-11-14-30(23(18)28-25)20-6-8-21(9-7-20)34(2,32)33/h5-11,14-16H,3-4,12-13H2,1-2H3,(H,26,27,28). The van der Waals surface area contributed by atoms with Crippen LogP contribution in [0.3, 0.4) is 0 Å². The lowest BCUT2D eigenvalue weighted by Gasteiger charge is -2.17. The van der Waals surface area contributed by atoms with Gasteiger partial charge in [0.1, 0.15) is 5.65 Å². The SMILES string of the molecule is Cc1cc(Nc2ncc3ccn(-c4ccc(S(C)(=O)=O)cc4)c3n2)ccc1C(=O)N1CCCC1. The van der Waals surface area contributed by atoms with Crippen LogP contribution in [0.2, 0.25) is 0 Å². The van der Waals surface area contributed by atoms with Crippen molar-refractivity contribution in [2.24, 2.45) is 0 Å². The van der Waals surface area contributed by atoms with Gasteiger partial charge in [0.15, 0.2) is 9.84 Å². The number of amides is 1. The highest BCUT2D eigenvalue weighted by atomic mass is 32.2. The smallest absolute Gasteiger partial charge is 0.254 e. The van der Waals surface area contributed by atoms with Crippen molar-refractivity contribution < 1.29 is 13.2 Å². The minimum absolute atomic E-state index is 0.0824. The molecular formula is C25H25N5O3S. The molecule has 1 N–H and O–H groups in total. The first-order valence-electron chi connectivity index (χ1n) is 11.1. The Morgan fingerprint density at radius 2 is 1.76 bits per heavy atom. The fourth-order valence-electron chi connectivity index (χ4n) is 4.24. The zero-order valence-corrected chi connectivity index (χ0v) is 19.8. The zero-order chi connectivity index (χ0) is 23.9. The quantitative estimate of drug-likeness (QED) is 0.467. The van der Waals surface area contributed by atoms with Gasteiger partial charge < -0.3 is 14.8 Å². The summed E-state index contributed by atoms with van der Waals surface area (Å²) in [6, 6.07) is 14.2. The highest BCUT2D eigenvalue weighted by Crippen LogP contribution is 2.24. The van der Waals surface area contributed by atoms with Gasteiger partial charge in [-0.15, -0.1) is 0 Å². The van der Waals surface area contributed by atoms with Gasteiger partial charge in [-0.05, 0) is 73.9 Å². The number of benzene rings is 2. The summed E-state index contributed by atoms with van der Waals surface area (Å²) in [5.74, 6) is 0.511. The maximum Gasteiger partial charge on any atom is 0.254 e. The molecule has 0 radical (unpaired) electrons. The van der Waals surface area contributed by atoms with Crippen molar-refractivity contribution >= 4 is 38.4 Å². The second-order valence-electron chi connectivity index (χ2n) is 8.58. The van der Waals surface area contributed by atoms with Gasteiger partial charge in [-0.3, -0.25) is 4.79 Å². The van der Waals surface area contributed by atoms with E-state index in [2.05, 4.69) is 15.3 Å². The average Bonchev–Trinajstić information content (AvgIpc) is 3.48. The molecule has 0 saturated carbocycles. The second-order valence-corrected chi connectivity index (χ2v) is 10.6. The van der Waals surface area contributed by atoms with E-state index in [-0.39, 0.29) is 10.8 Å². The summed E-state index contributed by atoms with van der Waals surface area (Å²) < 4.78 is 25.4. The van der Waals surface area contributed by atoms with Crippen LogP contribution in [0.15, 0.2) is 65.8 Å². The van der Waals surface area contributed by atoms with E-state index in [0.717, 1.165) is 53.8 Å². The summed E-state index contributed by atoms with van der Waals surface area (Å²) in [6.45, 7) is 3.58. The van der Waals surface area contributed by atoms with E-state index in [1.807, 2.05) is 46.9 Å². The Morgan fingerprint density at radius 3 is 2.44 bits per heavy atom. The van der Waals surface area contributed by atoms with Crippen molar-refractivity contribution in [2.75, 3.05) is 24.7 Å². The number of carbonyl (C=O) groups is 1. The molecule has 2 aromatic carbocycles. The Bertz CT molecular complexity index is 1490. The molecule has 1 fully saturated rings. The number of rotatable bonds is 5. The molecular weight excluding hydrogens is 450 g/mol. The monoisotopic (exact) mass is 475 g/mol. The molecule has 174 valence electrons. The van der Waals surface area contributed by atoms with E-state index in [1.54, 1.807) is 30.5 Å². The number of fused-ring (bicyclic) bond motifs is 1. The minimum Gasteiger partial charge on any atom is -0.339 e. The largest absolute Gasteiger partial charge is 0.339 e. The lowest BCUT2D eigenvalue weighted by atomic mass is 10.1. The Labute approximate surface area is 198 Å². The van der Waals surface area contributed by atoms with Crippen molar-refractivity contribution in [3.05, 3.63) is 72.1 Å². The van der Waals surface area contributed by atoms with Crippen LogP contribution in [0, 0.1) is 6.92 Å². The zero-order valence-electron chi connectivity index (χ0n) is 19.0. The van der Waals surface area contributed by atoms with Crippen LogP contribution in [0.25, 0.3) is 16.7 Å². The number of sulfone groups is 1. The van der Waals surface area contributed by atoms with Crippen molar-refractivity contribution in [1.29, 1.82) is 0 Å². The molecule has 1 aliphatic rings. The normalized spacial score (nSPS) is 14.0. The molecule has 3 heterocycles. The molecule has 0 atom stereocenters. The van der Waals surface area contributed by atoms with Crippen LogP contribution >= 0.6 is 0 Å². The van der Waals surface area contributed by atoms with E-state index in [0.29, 0.717) is 11.6 Å². The number of carbonyl (C=O) groups excluding carboxylic acids is 1. The summed E-state index contributed by atoms with van der Waals surface area (Å²) in [6.07, 6.45) is 6.93. The van der Waals surface area contributed by atoms with Gasteiger partial charge in [0.2, 0.25) is 5.95 Å². The van der Waals surface area contributed by atoms with Crippen LogP contribution in [-0.4, -0.2) is 53.1 Å².